The zero-order valence-corrected chi connectivity index (χ0v) is 13.0. The van der Waals surface area contributed by atoms with Gasteiger partial charge in [-0.05, 0) is 30.7 Å². The smallest absolute Gasteiger partial charge is 0.298 e. The fourth-order valence-corrected chi connectivity index (χ4v) is 2.95. The molecular weight excluding hydrogens is 284 g/mol. The quantitative estimate of drug-likeness (QED) is 0.920. The minimum absolute atomic E-state index is 0.619. The number of hydrogen-bond acceptors (Lipinski definition) is 6. The van der Waals surface area contributed by atoms with Crippen molar-refractivity contribution in [2.45, 2.75) is 19.8 Å². The number of benzene rings is 1. The Balaban J connectivity index is 1.63. The molecule has 2 heterocycles. The van der Waals surface area contributed by atoms with Crippen molar-refractivity contribution in [2.24, 2.45) is 0 Å². The molecule has 0 bridgehead atoms. The highest BCUT2D eigenvalue weighted by molar-refractivity contribution is 7.07. The van der Waals surface area contributed by atoms with Gasteiger partial charge in [-0.15, -0.1) is 0 Å². The molecule has 3 rings (SSSR count). The summed E-state index contributed by atoms with van der Waals surface area (Å²) in [7, 11) is 0. The lowest BCUT2D eigenvalue weighted by molar-refractivity contribution is 0.477. The zero-order valence-electron chi connectivity index (χ0n) is 12.2. The van der Waals surface area contributed by atoms with E-state index < -0.39 is 0 Å². The van der Waals surface area contributed by atoms with Crippen LogP contribution in [0.4, 0.5) is 5.69 Å². The van der Waals surface area contributed by atoms with Crippen molar-refractivity contribution in [1.29, 1.82) is 0 Å². The van der Waals surface area contributed by atoms with Crippen molar-refractivity contribution in [3.63, 3.8) is 0 Å². The third kappa shape index (κ3) is 3.71. The normalized spacial score (nSPS) is 15.2. The van der Waals surface area contributed by atoms with Gasteiger partial charge in [0.05, 0.1) is 0 Å². The van der Waals surface area contributed by atoms with Crippen molar-refractivity contribution in [1.82, 2.24) is 14.7 Å². The van der Waals surface area contributed by atoms with Crippen LogP contribution < -0.4 is 15.0 Å². The fourth-order valence-electron chi connectivity index (χ4n) is 2.35. The van der Waals surface area contributed by atoms with Crippen LogP contribution in [0.15, 0.2) is 24.3 Å². The van der Waals surface area contributed by atoms with Gasteiger partial charge < -0.3 is 15.0 Å². The molecule has 1 saturated heterocycles. The van der Waals surface area contributed by atoms with Gasteiger partial charge in [0.2, 0.25) is 0 Å². The SMILES string of the molecule is CCCc1nsc(Oc2ccc(N3CCNCC3)cc2)n1. The van der Waals surface area contributed by atoms with Gasteiger partial charge in [-0.1, -0.05) is 6.92 Å². The highest BCUT2D eigenvalue weighted by Gasteiger charge is 2.11. The first-order valence-corrected chi connectivity index (χ1v) is 8.18. The fraction of sp³-hybridized carbons (Fsp3) is 0.467. The Hall–Kier alpha value is -1.66. The minimum Gasteiger partial charge on any atom is -0.430 e. The highest BCUT2D eigenvalue weighted by atomic mass is 32.1. The van der Waals surface area contributed by atoms with E-state index in [2.05, 4.69) is 38.6 Å². The van der Waals surface area contributed by atoms with Crippen LogP contribution in [-0.4, -0.2) is 35.5 Å². The Labute approximate surface area is 129 Å². The number of aryl methyl sites for hydroxylation is 1. The molecule has 5 nitrogen and oxygen atoms in total. The largest absolute Gasteiger partial charge is 0.430 e. The van der Waals surface area contributed by atoms with Gasteiger partial charge in [0.25, 0.3) is 5.19 Å². The minimum atomic E-state index is 0.619. The second-order valence-corrected chi connectivity index (χ2v) is 5.77. The first kappa shape index (κ1) is 14.3. The molecule has 1 aliphatic heterocycles. The van der Waals surface area contributed by atoms with Gasteiger partial charge in [-0.2, -0.15) is 9.36 Å². The van der Waals surface area contributed by atoms with E-state index >= 15 is 0 Å². The molecule has 1 aliphatic rings. The van der Waals surface area contributed by atoms with Crippen LogP contribution in [0.25, 0.3) is 0 Å². The second kappa shape index (κ2) is 6.87. The molecule has 0 spiro atoms. The van der Waals surface area contributed by atoms with Crippen molar-refractivity contribution in [2.75, 3.05) is 31.1 Å². The predicted octanol–water partition coefficient (Wildman–Crippen LogP) is 2.69. The molecule has 1 N–H and O–H groups in total. The Bertz CT molecular complexity index is 563. The van der Waals surface area contributed by atoms with E-state index in [1.807, 2.05) is 12.1 Å². The van der Waals surface area contributed by atoms with Gasteiger partial charge in [0, 0.05) is 49.8 Å². The maximum Gasteiger partial charge on any atom is 0.298 e. The highest BCUT2D eigenvalue weighted by Crippen LogP contribution is 2.26. The molecule has 6 heteroatoms. The Kier molecular flexibility index (Phi) is 4.67. The van der Waals surface area contributed by atoms with Crippen LogP contribution in [0.3, 0.4) is 0 Å². The van der Waals surface area contributed by atoms with E-state index in [0.717, 1.165) is 50.6 Å². The standard InChI is InChI=1S/C15H20N4OS/c1-2-3-14-17-15(21-18-14)20-13-6-4-12(5-7-13)19-10-8-16-9-11-19/h4-7,16H,2-3,8-11H2,1H3. The van der Waals surface area contributed by atoms with E-state index in [1.54, 1.807) is 0 Å². The summed E-state index contributed by atoms with van der Waals surface area (Å²) in [6, 6.07) is 8.21. The summed E-state index contributed by atoms with van der Waals surface area (Å²) in [5, 5.41) is 3.98. The van der Waals surface area contributed by atoms with Crippen molar-refractivity contribution >= 4 is 17.2 Å². The van der Waals surface area contributed by atoms with Crippen molar-refractivity contribution in [3.05, 3.63) is 30.1 Å². The number of aromatic nitrogens is 2. The number of anilines is 1. The Morgan fingerprint density at radius 1 is 1.24 bits per heavy atom. The number of hydrogen-bond donors (Lipinski definition) is 1. The van der Waals surface area contributed by atoms with Crippen LogP contribution in [0, 0.1) is 0 Å². The lowest BCUT2D eigenvalue weighted by Crippen LogP contribution is -2.43. The van der Waals surface area contributed by atoms with Crippen molar-refractivity contribution in [3.8, 4) is 10.9 Å². The molecule has 0 unspecified atom stereocenters. The summed E-state index contributed by atoms with van der Waals surface area (Å²) < 4.78 is 10.0. The van der Waals surface area contributed by atoms with Gasteiger partial charge in [-0.3, -0.25) is 0 Å². The first-order valence-electron chi connectivity index (χ1n) is 7.41. The van der Waals surface area contributed by atoms with Crippen LogP contribution in [0.1, 0.15) is 19.2 Å². The maximum atomic E-state index is 5.76. The molecule has 1 aromatic carbocycles. The number of nitrogens with zero attached hydrogens (tertiary/aromatic N) is 3. The molecule has 0 atom stereocenters. The summed E-state index contributed by atoms with van der Waals surface area (Å²) >= 11 is 1.31. The third-order valence-corrected chi connectivity index (χ3v) is 4.08. The number of ether oxygens (including phenoxy) is 1. The molecule has 0 saturated carbocycles. The van der Waals surface area contributed by atoms with Gasteiger partial charge >= 0.3 is 0 Å². The average molecular weight is 304 g/mol. The van der Waals surface area contributed by atoms with Crippen LogP contribution in [0.5, 0.6) is 10.9 Å². The van der Waals surface area contributed by atoms with E-state index in [4.69, 9.17) is 4.74 Å². The molecule has 0 aliphatic carbocycles. The lowest BCUT2D eigenvalue weighted by atomic mass is 10.2. The molecule has 2 aromatic rings. The Morgan fingerprint density at radius 3 is 2.71 bits per heavy atom. The molecular formula is C15H20N4OS. The molecule has 112 valence electrons. The van der Waals surface area contributed by atoms with Gasteiger partial charge in [0.15, 0.2) is 0 Å². The summed E-state index contributed by atoms with van der Waals surface area (Å²) in [5.41, 5.74) is 1.24. The van der Waals surface area contributed by atoms with E-state index in [1.165, 1.54) is 17.2 Å². The van der Waals surface area contributed by atoms with Crippen LogP contribution in [0.2, 0.25) is 0 Å². The summed E-state index contributed by atoms with van der Waals surface area (Å²) in [6.45, 7) is 6.32. The molecule has 1 fully saturated rings. The zero-order chi connectivity index (χ0) is 14.5. The second-order valence-electron chi connectivity index (χ2n) is 5.06. The van der Waals surface area contributed by atoms with Crippen LogP contribution in [-0.2, 0) is 6.42 Å². The number of rotatable bonds is 5. The molecule has 0 amide bonds. The lowest BCUT2D eigenvalue weighted by Gasteiger charge is -2.29. The van der Waals surface area contributed by atoms with Gasteiger partial charge in [-0.25, -0.2) is 0 Å². The molecule has 21 heavy (non-hydrogen) atoms. The predicted molar refractivity (Wildman–Crippen MR) is 85.5 cm³/mol. The summed E-state index contributed by atoms with van der Waals surface area (Å²) in [4.78, 5) is 6.75. The Morgan fingerprint density at radius 2 is 2.00 bits per heavy atom. The number of nitrogens with one attached hydrogen (secondary N) is 1. The van der Waals surface area contributed by atoms with E-state index in [0.29, 0.717) is 5.19 Å². The van der Waals surface area contributed by atoms with E-state index in [-0.39, 0.29) is 0 Å². The van der Waals surface area contributed by atoms with E-state index in [9.17, 15) is 0 Å². The third-order valence-electron chi connectivity index (χ3n) is 3.45. The molecule has 0 radical (unpaired) electrons. The summed E-state index contributed by atoms with van der Waals surface area (Å²) in [6.07, 6.45) is 1.96. The number of piperazine rings is 1. The molecule has 1 aromatic heterocycles. The average Bonchev–Trinajstić information content (AvgIpc) is 2.97. The van der Waals surface area contributed by atoms with Gasteiger partial charge in [0.1, 0.15) is 11.6 Å². The first-order chi connectivity index (χ1) is 10.3. The summed E-state index contributed by atoms with van der Waals surface area (Å²) in [5.74, 6) is 1.68. The maximum absolute atomic E-state index is 5.76. The van der Waals surface area contributed by atoms with Crippen molar-refractivity contribution < 1.29 is 4.74 Å². The topological polar surface area (TPSA) is 50.3 Å². The monoisotopic (exact) mass is 304 g/mol. The van der Waals surface area contributed by atoms with Crippen LogP contribution >= 0.6 is 11.5 Å².